The molecule has 3 rings (SSSR count). The lowest BCUT2D eigenvalue weighted by molar-refractivity contribution is 1.48. The van der Waals surface area contributed by atoms with Gasteiger partial charge in [-0.25, -0.2) is 0 Å². The summed E-state index contributed by atoms with van der Waals surface area (Å²) >= 11 is 0. The first kappa shape index (κ1) is 21.0. The highest BCUT2D eigenvalue weighted by Gasteiger charge is 1.91. The quantitative estimate of drug-likeness (QED) is 0.446. The molecule has 2 nitrogen and oxygen atoms in total. The topological polar surface area (TPSA) is 24.7 Å². The molecule has 134 valence electrons. The van der Waals surface area contributed by atoms with Crippen molar-refractivity contribution in [3.05, 3.63) is 96.1 Å². The number of benzene rings is 3. The third kappa shape index (κ3) is 7.71. The molecule has 0 unspecified atom stereocenters. The maximum absolute atomic E-state index is 4.46. The van der Waals surface area contributed by atoms with Crippen molar-refractivity contribution in [2.24, 2.45) is 9.98 Å². The standard InChI is InChI=1S/C20H16N2.2C2H6/c1-3-7-17(8-4-1)15-21-19-11-13-20(14-12-19)22-16-18-9-5-2-6-10-18;2*1-2/h1-16H;2*1-2H3. The van der Waals surface area contributed by atoms with Crippen LogP contribution in [0.15, 0.2) is 94.9 Å². The molecule has 0 fully saturated rings. The van der Waals surface area contributed by atoms with Gasteiger partial charge in [-0.2, -0.15) is 0 Å². The summed E-state index contributed by atoms with van der Waals surface area (Å²) in [5, 5.41) is 0. The molecule has 0 heterocycles. The van der Waals surface area contributed by atoms with Crippen LogP contribution < -0.4 is 0 Å². The molecular weight excluding hydrogens is 316 g/mol. The first-order valence-electron chi connectivity index (χ1n) is 9.18. The van der Waals surface area contributed by atoms with Gasteiger partial charge in [0.25, 0.3) is 0 Å². The van der Waals surface area contributed by atoms with Crippen LogP contribution in [0.1, 0.15) is 38.8 Å². The molecule has 2 heteroatoms. The fourth-order valence-electron chi connectivity index (χ4n) is 2.00. The average Bonchev–Trinajstić information content (AvgIpc) is 2.76. The fraction of sp³-hybridized carbons (Fsp3) is 0.167. The summed E-state index contributed by atoms with van der Waals surface area (Å²) in [6.07, 6.45) is 3.73. The van der Waals surface area contributed by atoms with Crippen molar-refractivity contribution in [2.45, 2.75) is 27.7 Å². The lowest BCUT2D eigenvalue weighted by Gasteiger charge is -1.96. The Morgan fingerprint density at radius 2 is 0.769 bits per heavy atom. The van der Waals surface area contributed by atoms with Gasteiger partial charge >= 0.3 is 0 Å². The number of hydrogen-bond acceptors (Lipinski definition) is 2. The van der Waals surface area contributed by atoms with Crippen LogP contribution in [0.4, 0.5) is 11.4 Å². The number of hydrogen-bond donors (Lipinski definition) is 0. The summed E-state index contributed by atoms with van der Waals surface area (Å²) in [4.78, 5) is 8.92. The third-order valence-corrected chi connectivity index (χ3v) is 3.17. The average molecular weight is 345 g/mol. The Hall–Kier alpha value is -3.00. The van der Waals surface area contributed by atoms with Crippen LogP contribution in [0.2, 0.25) is 0 Å². The van der Waals surface area contributed by atoms with Crippen LogP contribution in [0.5, 0.6) is 0 Å². The molecule has 3 aromatic rings. The van der Waals surface area contributed by atoms with Crippen LogP contribution in [-0.4, -0.2) is 12.4 Å². The Labute approximate surface area is 158 Å². The maximum atomic E-state index is 4.46. The highest BCUT2D eigenvalue weighted by atomic mass is 14.7. The molecule has 0 aliphatic heterocycles. The van der Waals surface area contributed by atoms with E-state index in [1.54, 1.807) is 0 Å². The van der Waals surface area contributed by atoms with E-state index in [4.69, 9.17) is 0 Å². The second-order valence-corrected chi connectivity index (χ2v) is 4.85. The van der Waals surface area contributed by atoms with Crippen molar-refractivity contribution in [2.75, 3.05) is 0 Å². The predicted molar refractivity (Wildman–Crippen MR) is 117 cm³/mol. The van der Waals surface area contributed by atoms with E-state index in [0.29, 0.717) is 0 Å². The molecule has 0 bridgehead atoms. The molecule has 0 aromatic heterocycles. The van der Waals surface area contributed by atoms with Crippen LogP contribution in [0.25, 0.3) is 0 Å². The van der Waals surface area contributed by atoms with Gasteiger partial charge in [-0.15, -0.1) is 0 Å². The van der Waals surface area contributed by atoms with Gasteiger partial charge in [0, 0.05) is 12.4 Å². The van der Waals surface area contributed by atoms with Crippen LogP contribution in [0.3, 0.4) is 0 Å². The minimum atomic E-state index is 0.919. The van der Waals surface area contributed by atoms with Crippen molar-refractivity contribution < 1.29 is 0 Å². The molecule has 0 saturated carbocycles. The summed E-state index contributed by atoms with van der Waals surface area (Å²) in [6.45, 7) is 8.00. The lowest BCUT2D eigenvalue weighted by Crippen LogP contribution is -1.78. The van der Waals surface area contributed by atoms with Crippen LogP contribution in [-0.2, 0) is 0 Å². The van der Waals surface area contributed by atoms with Gasteiger partial charge < -0.3 is 0 Å². The molecule has 0 radical (unpaired) electrons. The normalized spacial score (nSPS) is 10.0. The van der Waals surface area contributed by atoms with Crippen molar-refractivity contribution in [3.63, 3.8) is 0 Å². The summed E-state index contributed by atoms with van der Waals surface area (Å²) in [6, 6.07) is 28.0. The van der Waals surface area contributed by atoms with Crippen LogP contribution in [0, 0.1) is 0 Å². The van der Waals surface area contributed by atoms with E-state index in [0.717, 1.165) is 22.5 Å². The van der Waals surface area contributed by atoms with E-state index in [2.05, 4.69) is 9.98 Å². The summed E-state index contributed by atoms with van der Waals surface area (Å²) < 4.78 is 0. The van der Waals surface area contributed by atoms with Gasteiger partial charge in [0.15, 0.2) is 0 Å². The van der Waals surface area contributed by atoms with E-state index in [1.807, 2.05) is 125 Å². The first-order valence-corrected chi connectivity index (χ1v) is 9.18. The van der Waals surface area contributed by atoms with Gasteiger partial charge in [0.2, 0.25) is 0 Å². The summed E-state index contributed by atoms with van der Waals surface area (Å²) in [5.41, 5.74) is 4.02. The first-order chi connectivity index (χ1) is 12.9. The molecule has 0 saturated heterocycles. The zero-order valence-electron chi connectivity index (χ0n) is 16.1. The molecule has 0 N–H and O–H groups in total. The molecular formula is C24H28N2. The second-order valence-electron chi connectivity index (χ2n) is 4.85. The Morgan fingerprint density at radius 1 is 0.462 bits per heavy atom. The SMILES string of the molecule is C(=Nc1ccc(N=Cc2ccccc2)cc1)c1ccccc1.CC.CC. The number of rotatable bonds is 4. The van der Waals surface area contributed by atoms with E-state index >= 15 is 0 Å². The van der Waals surface area contributed by atoms with E-state index in [1.165, 1.54) is 0 Å². The summed E-state index contributed by atoms with van der Waals surface area (Å²) in [7, 11) is 0. The summed E-state index contributed by atoms with van der Waals surface area (Å²) in [5.74, 6) is 0. The minimum absolute atomic E-state index is 0.919. The lowest BCUT2D eigenvalue weighted by atomic mass is 10.2. The van der Waals surface area contributed by atoms with Crippen molar-refractivity contribution in [1.29, 1.82) is 0 Å². The van der Waals surface area contributed by atoms with E-state index in [-0.39, 0.29) is 0 Å². The smallest absolute Gasteiger partial charge is 0.0631 e. The second kappa shape index (κ2) is 13.3. The predicted octanol–water partition coefficient (Wildman–Crippen LogP) is 7.24. The van der Waals surface area contributed by atoms with Crippen molar-refractivity contribution in [1.82, 2.24) is 0 Å². The number of aliphatic imine (C=N–C) groups is 2. The maximum Gasteiger partial charge on any atom is 0.0631 e. The molecule has 0 aliphatic carbocycles. The van der Waals surface area contributed by atoms with Crippen molar-refractivity contribution >= 4 is 23.8 Å². The molecule has 0 aliphatic rings. The van der Waals surface area contributed by atoms with Gasteiger partial charge in [-0.3, -0.25) is 9.98 Å². The van der Waals surface area contributed by atoms with Crippen molar-refractivity contribution in [3.8, 4) is 0 Å². The zero-order chi connectivity index (χ0) is 19.0. The largest absolute Gasteiger partial charge is 0.256 e. The Bertz CT molecular complexity index is 690. The molecule has 3 aromatic carbocycles. The number of nitrogens with zero attached hydrogens (tertiary/aromatic N) is 2. The molecule has 0 atom stereocenters. The molecule has 0 spiro atoms. The Morgan fingerprint density at radius 3 is 1.08 bits per heavy atom. The van der Waals surface area contributed by atoms with E-state index in [9.17, 15) is 0 Å². The Balaban J connectivity index is 0.000000791. The van der Waals surface area contributed by atoms with Gasteiger partial charge in [0.1, 0.15) is 0 Å². The van der Waals surface area contributed by atoms with Gasteiger partial charge in [-0.1, -0.05) is 88.4 Å². The third-order valence-electron chi connectivity index (χ3n) is 3.17. The Kier molecular flexibility index (Phi) is 10.8. The van der Waals surface area contributed by atoms with Gasteiger partial charge in [-0.05, 0) is 35.4 Å². The minimum Gasteiger partial charge on any atom is -0.256 e. The zero-order valence-corrected chi connectivity index (χ0v) is 16.1. The highest BCUT2D eigenvalue weighted by molar-refractivity contribution is 5.83. The van der Waals surface area contributed by atoms with E-state index < -0.39 is 0 Å². The monoisotopic (exact) mass is 344 g/mol. The van der Waals surface area contributed by atoms with Crippen LogP contribution >= 0.6 is 0 Å². The fourth-order valence-corrected chi connectivity index (χ4v) is 2.00. The molecule has 26 heavy (non-hydrogen) atoms. The van der Waals surface area contributed by atoms with Gasteiger partial charge in [0.05, 0.1) is 11.4 Å². The highest BCUT2D eigenvalue weighted by Crippen LogP contribution is 2.18. The molecule has 0 amide bonds.